The van der Waals surface area contributed by atoms with E-state index in [9.17, 15) is 47.9 Å². The standard InChI is InChI=1S/C23H38N2O2.C21H32O4.C19H26O3.2C15H24.C6H8O4.C4H2O3/c1-17(2)10-8-11-18(3)12-9-13-19-14-15-20(22(26)24(4)5)21(16-19)23(27)25(6)7;1-15(2)8-6-9-16(3)10-7-11-17-12-13-18(20(22)24-4)19(14-17)21(23)25-5;1-13(2)6-4-7-14(3)8-5-9-15-10-11-16-17(12-15)19(21)22-18(16)20;2*1-6-14(4)10-8-12-15(5)11-7-9-13(2)3;1-9-5(7)3-4-6(8)10-2;5-3-1-2-4(6)7-3/h10,12,14,20-21H,8-9,11,13,15-16H2,1-7H3;8,10,12,18-19H,6-7,9,11,13-14H2,1-5H3;6,8,10,16-17H,4-5,7,9,11-12H2,1-3H3;2*6,9,12H,1,4,7-8,10-11H2,2-3,5H3;3-4H,1-2H3;1-2H/b18-12+;16-10+;14-8+;2*15-12+;4-3-;. The number of ether oxygens (including phenoxy) is 6. The molecule has 5 aliphatic rings. The van der Waals surface area contributed by atoms with Gasteiger partial charge in [-0.1, -0.05) is 201 Å². The van der Waals surface area contributed by atoms with Crippen molar-refractivity contribution >= 4 is 59.6 Å². The van der Waals surface area contributed by atoms with Crippen molar-refractivity contribution in [1.29, 1.82) is 0 Å². The molecule has 6 unspecified atom stereocenters. The van der Waals surface area contributed by atoms with Crippen molar-refractivity contribution in [3.05, 3.63) is 225 Å². The highest BCUT2D eigenvalue weighted by molar-refractivity contribution is 6.05. The third-order valence-electron chi connectivity index (χ3n) is 20.4. The van der Waals surface area contributed by atoms with E-state index in [0.29, 0.717) is 38.5 Å². The molecule has 1 saturated heterocycles. The molecule has 18 nitrogen and oxygen atoms in total. The number of carbonyl (C=O) groups excluding carboxylic acids is 10. The molecule has 2 aliphatic heterocycles. The van der Waals surface area contributed by atoms with E-state index in [-0.39, 0.29) is 59.4 Å². The number of hydrogen-bond donors (Lipinski definition) is 0. The second kappa shape index (κ2) is 66.8. The molecule has 0 spiro atoms. The Kier molecular flexibility index (Phi) is 62.5. The summed E-state index contributed by atoms with van der Waals surface area (Å²) >= 11 is 0. The van der Waals surface area contributed by atoms with Gasteiger partial charge in [0.15, 0.2) is 0 Å². The molecule has 1 fully saturated rings. The van der Waals surface area contributed by atoms with Crippen molar-refractivity contribution in [3.8, 4) is 0 Å². The van der Waals surface area contributed by atoms with Crippen LogP contribution in [0.1, 0.15) is 271 Å². The number of fused-ring (bicyclic) bond motifs is 1. The van der Waals surface area contributed by atoms with Crippen LogP contribution >= 0.6 is 0 Å². The lowest BCUT2D eigenvalue weighted by Crippen LogP contribution is -2.42. The van der Waals surface area contributed by atoms with Gasteiger partial charge in [0.1, 0.15) is 0 Å². The number of allylic oxidation sites excluding steroid dienone is 30. The summed E-state index contributed by atoms with van der Waals surface area (Å²) in [5.41, 5.74) is 20.2. The molecule has 5 rings (SSSR count). The van der Waals surface area contributed by atoms with Crippen molar-refractivity contribution < 1.29 is 76.4 Å². The van der Waals surface area contributed by atoms with Gasteiger partial charge in [0.2, 0.25) is 11.8 Å². The molecule has 3 aliphatic carbocycles. The summed E-state index contributed by atoms with van der Waals surface area (Å²) in [7, 11) is 12.3. The summed E-state index contributed by atoms with van der Waals surface area (Å²) < 4.78 is 26.8. The van der Waals surface area contributed by atoms with Gasteiger partial charge in [-0.15, -0.1) is 0 Å². The molecule has 2 amide bonds. The average molecular weight is 1680 g/mol. The molecule has 18 heteroatoms. The van der Waals surface area contributed by atoms with Gasteiger partial charge in [-0.3, -0.25) is 28.8 Å². The van der Waals surface area contributed by atoms with Crippen LogP contribution < -0.4 is 0 Å². The van der Waals surface area contributed by atoms with Gasteiger partial charge in [-0.2, -0.15) is 0 Å². The Balaban J connectivity index is 0. The maximum absolute atomic E-state index is 12.6. The third-order valence-corrected chi connectivity index (χ3v) is 20.4. The van der Waals surface area contributed by atoms with E-state index in [2.05, 4.69) is 223 Å². The Labute approximate surface area is 730 Å². The molecule has 672 valence electrons. The first-order chi connectivity index (χ1) is 57.1. The second-order valence-corrected chi connectivity index (χ2v) is 33.0. The quantitative estimate of drug-likeness (QED) is 0.0140. The fraction of sp³-hybridized carbons (Fsp3) is 0.534. The Morgan fingerprint density at radius 3 is 0.959 bits per heavy atom. The maximum atomic E-state index is 12.6. The molecular formula is C103H154N2O16. The van der Waals surface area contributed by atoms with Crippen molar-refractivity contribution in [2.24, 2.45) is 35.5 Å². The molecule has 0 aromatic heterocycles. The van der Waals surface area contributed by atoms with E-state index in [0.717, 1.165) is 151 Å². The zero-order chi connectivity index (χ0) is 92.1. The van der Waals surface area contributed by atoms with Gasteiger partial charge in [-0.05, 0) is 271 Å². The molecule has 0 N–H and O–H groups in total. The molecule has 0 bridgehead atoms. The monoisotopic (exact) mass is 1680 g/mol. The van der Waals surface area contributed by atoms with Crippen molar-refractivity contribution in [2.75, 3.05) is 56.6 Å². The number of carbonyl (C=O) groups is 10. The summed E-state index contributed by atoms with van der Waals surface area (Å²) in [6.45, 7) is 47.5. The number of amides is 2. The van der Waals surface area contributed by atoms with Crippen LogP contribution in [0.25, 0.3) is 0 Å². The lowest BCUT2D eigenvalue weighted by Gasteiger charge is -2.33. The van der Waals surface area contributed by atoms with Crippen LogP contribution in [0.3, 0.4) is 0 Å². The van der Waals surface area contributed by atoms with Gasteiger partial charge in [-0.25, -0.2) is 19.2 Å². The number of esters is 8. The van der Waals surface area contributed by atoms with E-state index < -0.39 is 35.7 Å². The molecule has 0 aromatic carbocycles. The minimum Gasteiger partial charge on any atom is -0.469 e. The maximum Gasteiger partial charge on any atom is 0.338 e. The third kappa shape index (κ3) is 56.4. The lowest BCUT2D eigenvalue weighted by atomic mass is 9.77. The van der Waals surface area contributed by atoms with Crippen molar-refractivity contribution in [2.45, 2.75) is 271 Å². The molecule has 0 radical (unpaired) electrons. The Morgan fingerprint density at radius 1 is 0.364 bits per heavy atom. The van der Waals surface area contributed by atoms with Crippen LogP contribution in [0.15, 0.2) is 225 Å². The fourth-order valence-electron chi connectivity index (χ4n) is 13.0. The average Bonchev–Trinajstić information content (AvgIpc) is 1.24. The van der Waals surface area contributed by atoms with Crippen molar-refractivity contribution in [3.63, 3.8) is 0 Å². The number of hydrogen-bond acceptors (Lipinski definition) is 16. The molecule has 2 heterocycles. The second-order valence-electron chi connectivity index (χ2n) is 33.0. The van der Waals surface area contributed by atoms with Gasteiger partial charge in [0.05, 0.1) is 63.9 Å². The van der Waals surface area contributed by atoms with Crippen LogP contribution in [0.5, 0.6) is 0 Å². The molecule has 0 aromatic rings. The van der Waals surface area contributed by atoms with Crippen molar-refractivity contribution in [1.82, 2.24) is 9.80 Å². The number of cyclic esters (lactones) is 4. The SMILES string of the molecule is C=CC(=C)CC/C=C(\C)CCC=C(C)C.C=CC(=C)CC/C=C(\C)CCC=C(C)C.CC(C)=CCC/C(C)=C/CCC1=CCC(C(=O)N(C)C)C(C(=O)N(C)C)C1.CC(C)=CCC/C(C)=C/CCC1=CCC2C(=O)OC(=O)C2C1.COC(=O)/C=C\C(=O)OC.COC(=O)C1CC=C(CC/C=C(\C)CCC=C(C)C)CC1C(=O)OC.O=C1C=CC(=O)O1. The Morgan fingerprint density at radius 2 is 0.653 bits per heavy atom. The predicted molar refractivity (Wildman–Crippen MR) is 496 cm³/mol. The minimum atomic E-state index is -0.579. The number of methoxy groups -OCH3 is 4. The first kappa shape index (κ1) is 113. The predicted octanol–water partition coefficient (Wildman–Crippen LogP) is 23.8. The van der Waals surface area contributed by atoms with E-state index in [1.165, 1.54) is 114 Å². The normalized spacial score (nSPS) is 17.7. The highest BCUT2D eigenvalue weighted by Gasteiger charge is 2.45. The zero-order valence-corrected chi connectivity index (χ0v) is 78.6. The molecule has 121 heavy (non-hydrogen) atoms. The van der Waals surface area contributed by atoms with E-state index in [1.54, 1.807) is 38.0 Å². The smallest absolute Gasteiger partial charge is 0.338 e. The topological polar surface area (TPSA) is 233 Å². The van der Waals surface area contributed by atoms with E-state index in [1.807, 2.05) is 12.2 Å². The highest BCUT2D eigenvalue weighted by atomic mass is 16.6. The highest BCUT2D eigenvalue weighted by Crippen LogP contribution is 2.39. The molecule has 0 saturated carbocycles. The van der Waals surface area contributed by atoms with Crippen LogP contribution in [-0.4, -0.2) is 126 Å². The minimum absolute atomic E-state index is 0.0560. The summed E-state index contributed by atoms with van der Waals surface area (Å²) in [6.07, 6.45) is 62.3. The van der Waals surface area contributed by atoms with Crippen LogP contribution in [-0.2, 0) is 76.4 Å². The Bertz CT molecular complexity index is 3770. The van der Waals surface area contributed by atoms with Gasteiger partial charge >= 0.3 is 47.8 Å². The van der Waals surface area contributed by atoms with Crippen LogP contribution in [0.2, 0.25) is 0 Å². The van der Waals surface area contributed by atoms with Crippen LogP contribution in [0, 0.1) is 35.5 Å². The number of nitrogens with zero attached hydrogens (tertiary/aromatic N) is 2. The summed E-state index contributed by atoms with van der Waals surface area (Å²) in [5, 5.41) is 0. The summed E-state index contributed by atoms with van der Waals surface area (Å²) in [4.78, 5) is 116. The summed E-state index contributed by atoms with van der Waals surface area (Å²) in [5.74, 6) is -5.29. The van der Waals surface area contributed by atoms with E-state index >= 15 is 0 Å². The van der Waals surface area contributed by atoms with Crippen LogP contribution in [0.4, 0.5) is 0 Å². The van der Waals surface area contributed by atoms with Gasteiger partial charge < -0.3 is 38.2 Å². The fourth-order valence-corrected chi connectivity index (χ4v) is 13.0. The lowest BCUT2D eigenvalue weighted by molar-refractivity contribution is -0.157. The first-order valence-electron chi connectivity index (χ1n) is 42.8. The number of rotatable bonds is 38. The van der Waals surface area contributed by atoms with E-state index in [4.69, 9.17) is 14.2 Å². The summed E-state index contributed by atoms with van der Waals surface area (Å²) in [6, 6.07) is 0. The van der Waals surface area contributed by atoms with Gasteiger partial charge in [0, 0.05) is 52.5 Å². The van der Waals surface area contributed by atoms with Gasteiger partial charge in [0.25, 0.3) is 0 Å². The largest absolute Gasteiger partial charge is 0.469 e. The zero-order valence-electron chi connectivity index (χ0n) is 78.6. The Hall–Kier alpha value is -9.84. The molecular weight excluding hydrogens is 1520 g/mol. The molecule has 6 atom stereocenters. The first-order valence-corrected chi connectivity index (χ1v) is 42.8.